The molecule has 0 aliphatic rings. The van der Waals surface area contributed by atoms with Gasteiger partial charge in [-0.2, -0.15) is 0 Å². The quantitative estimate of drug-likeness (QED) is 0.792. The maximum Gasteiger partial charge on any atom is 0.261 e. The Bertz CT molecular complexity index is 378. The summed E-state index contributed by atoms with van der Waals surface area (Å²) in [6.07, 6.45) is 0.170. The molecule has 0 radical (unpaired) electrons. The van der Waals surface area contributed by atoms with Gasteiger partial charge in [-0.1, -0.05) is 32.0 Å². The number of nitrogens with one attached hydrogen (secondary N) is 1. The molecule has 19 heavy (non-hydrogen) atoms. The first-order chi connectivity index (χ1) is 9.02. The van der Waals surface area contributed by atoms with Gasteiger partial charge in [0.25, 0.3) is 5.91 Å². The molecule has 1 amide bonds. The van der Waals surface area contributed by atoms with E-state index in [-0.39, 0.29) is 18.6 Å². The van der Waals surface area contributed by atoms with Gasteiger partial charge in [0.2, 0.25) is 0 Å². The molecule has 1 aromatic rings. The number of hydrogen-bond acceptors (Lipinski definition) is 3. The normalized spacial score (nSPS) is 13.9. The zero-order valence-corrected chi connectivity index (χ0v) is 11.8. The standard InChI is InChI=1S/C15H23NO3/c1-11(2)9-13(10-17)16-15(18)12(3)19-14-7-5-4-6-8-14/h4-8,11-13,17H,9-10H2,1-3H3,(H,16,18). The summed E-state index contributed by atoms with van der Waals surface area (Å²) < 4.78 is 5.53. The third-order valence-electron chi connectivity index (χ3n) is 2.75. The van der Waals surface area contributed by atoms with Crippen molar-refractivity contribution in [3.8, 4) is 5.75 Å². The van der Waals surface area contributed by atoms with Gasteiger partial charge in [0, 0.05) is 0 Å². The van der Waals surface area contributed by atoms with Crippen LogP contribution < -0.4 is 10.1 Å². The van der Waals surface area contributed by atoms with Crippen molar-refractivity contribution < 1.29 is 14.6 Å². The number of amides is 1. The third-order valence-corrected chi connectivity index (χ3v) is 2.75. The van der Waals surface area contributed by atoms with Crippen molar-refractivity contribution >= 4 is 5.91 Å². The number of benzene rings is 1. The van der Waals surface area contributed by atoms with Gasteiger partial charge in [-0.15, -0.1) is 0 Å². The molecule has 0 aromatic heterocycles. The van der Waals surface area contributed by atoms with E-state index in [1.807, 2.05) is 18.2 Å². The van der Waals surface area contributed by atoms with Crippen LogP contribution in [0.25, 0.3) is 0 Å². The van der Waals surface area contributed by atoms with Crippen molar-refractivity contribution in [1.29, 1.82) is 0 Å². The molecule has 2 atom stereocenters. The Kier molecular flexibility index (Phi) is 6.36. The molecule has 0 spiro atoms. The Hall–Kier alpha value is -1.55. The smallest absolute Gasteiger partial charge is 0.261 e. The molecule has 4 heteroatoms. The maximum atomic E-state index is 12.0. The summed E-state index contributed by atoms with van der Waals surface area (Å²) in [5.74, 6) is 0.876. The summed E-state index contributed by atoms with van der Waals surface area (Å²) in [6, 6.07) is 9.00. The van der Waals surface area contributed by atoms with Gasteiger partial charge in [0.05, 0.1) is 12.6 Å². The van der Waals surface area contributed by atoms with Crippen LogP contribution in [0.15, 0.2) is 30.3 Å². The van der Waals surface area contributed by atoms with Gasteiger partial charge in [0.15, 0.2) is 6.10 Å². The SMILES string of the molecule is CC(C)CC(CO)NC(=O)C(C)Oc1ccccc1. The molecule has 0 fully saturated rings. The number of hydrogen-bond donors (Lipinski definition) is 2. The van der Waals surface area contributed by atoms with E-state index < -0.39 is 6.10 Å². The van der Waals surface area contributed by atoms with E-state index in [1.165, 1.54) is 0 Å². The number of aliphatic hydroxyl groups is 1. The fourth-order valence-corrected chi connectivity index (χ4v) is 1.82. The Morgan fingerprint density at radius 1 is 1.26 bits per heavy atom. The zero-order chi connectivity index (χ0) is 14.3. The average molecular weight is 265 g/mol. The Morgan fingerprint density at radius 3 is 2.42 bits per heavy atom. The Morgan fingerprint density at radius 2 is 1.89 bits per heavy atom. The van der Waals surface area contributed by atoms with Crippen LogP contribution in [0.2, 0.25) is 0 Å². The third kappa shape index (κ3) is 5.75. The summed E-state index contributed by atoms with van der Waals surface area (Å²) in [5, 5.41) is 12.0. The zero-order valence-electron chi connectivity index (χ0n) is 11.8. The van der Waals surface area contributed by atoms with E-state index in [1.54, 1.807) is 19.1 Å². The second-order valence-corrected chi connectivity index (χ2v) is 5.09. The predicted octanol–water partition coefficient (Wildman–Crippen LogP) is 1.98. The number of carbonyl (C=O) groups excluding carboxylic acids is 1. The first kappa shape index (κ1) is 15.5. The summed E-state index contributed by atoms with van der Waals surface area (Å²) in [5.41, 5.74) is 0. The van der Waals surface area contributed by atoms with Crippen molar-refractivity contribution in [2.75, 3.05) is 6.61 Å². The van der Waals surface area contributed by atoms with Gasteiger partial charge in [-0.3, -0.25) is 4.79 Å². The summed E-state index contributed by atoms with van der Waals surface area (Å²) >= 11 is 0. The van der Waals surface area contributed by atoms with Crippen molar-refractivity contribution in [1.82, 2.24) is 5.32 Å². The Labute approximate surface area is 114 Å². The lowest BCUT2D eigenvalue weighted by Crippen LogP contribution is -2.44. The van der Waals surface area contributed by atoms with Crippen LogP contribution in [0, 0.1) is 5.92 Å². The van der Waals surface area contributed by atoms with Crippen LogP contribution in [0.5, 0.6) is 5.75 Å². The van der Waals surface area contributed by atoms with Crippen molar-refractivity contribution in [2.24, 2.45) is 5.92 Å². The number of carbonyl (C=O) groups is 1. The van der Waals surface area contributed by atoms with E-state index in [0.717, 1.165) is 6.42 Å². The lowest BCUT2D eigenvalue weighted by Gasteiger charge is -2.21. The molecule has 0 heterocycles. The molecule has 0 saturated heterocycles. The minimum atomic E-state index is -0.580. The minimum Gasteiger partial charge on any atom is -0.481 e. The molecule has 1 aromatic carbocycles. The van der Waals surface area contributed by atoms with Gasteiger partial charge in [-0.05, 0) is 31.4 Å². The Balaban J connectivity index is 2.48. The van der Waals surface area contributed by atoms with Gasteiger partial charge < -0.3 is 15.2 Å². The summed E-state index contributed by atoms with van der Waals surface area (Å²) in [4.78, 5) is 12.0. The molecule has 106 valence electrons. The second-order valence-electron chi connectivity index (χ2n) is 5.09. The molecule has 0 bridgehead atoms. The van der Waals surface area contributed by atoms with E-state index in [2.05, 4.69) is 19.2 Å². The fraction of sp³-hybridized carbons (Fsp3) is 0.533. The molecule has 2 unspecified atom stereocenters. The highest BCUT2D eigenvalue weighted by Gasteiger charge is 2.19. The van der Waals surface area contributed by atoms with Crippen LogP contribution in [0.1, 0.15) is 27.2 Å². The highest BCUT2D eigenvalue weighted by molar-refractivity contribution is 5.81. The molecule has 0 aliphatic carbocycles. The topological polar surface area (TPSA) is 58.6 Å². The number of rotatable bonds is 7. The molecule has 2 N–H and O–H groups in total. The summed E-state index contributed by atoms with van der Waals surface area (Å²) in [7, 11) is 0. The van der Waals surface area contributed by atoms with Crippen molar-refractivity contribution in [3.63, 3.8) is 0 Å². The largest absolute Gasteiger partial charge is 0.481 e. The van der Waals surface area contributed by atoms with Crippen molar-refractivity contribution in [3.05, 3.63) is 30.3 Å². The van der Waals surface area contributed by atoms with Gasteiger partial charge >= 0.3 is 0 Å². The lowest BCUT2D eigenvalue weighted by atomic mass is 10.0. The van der Waals surface area contributed by atoms with Crippen molar-refractivity contribution in [2.45, 2.75) is 39.3 Å². The predicted molar refractivity (Wildman–Crippen MR) is 75.0 cm³/mol. The first-order valence-corrected chi connectivity index (χ1v) is 6.66. The van der Waals surface area contributed by atoms with E-state index in [9.17, 15) is 9.90 Å². The number of ether oxygens (including phenoxy) is 1. The van der Waals surface area contributed by atoms with Gasteiger partial charge in [0.1, 0.15) is 5.75 Å². The monoisotopic (exact) mass is 265 g/mol. The van der Waals surface area contributed by atoms with E-state index in [4.69, 9.17) is 4.74 Å². The minimum absolute atomic E-state index is 0.0536. The summed E-state index contributed by atoms with van der Waals surface area (Å²) in [6.45, 7) is 5.76. The van der Waals surface area contributed by atoms with Crippen LogP contribution in [0.4, 0.5) is 0 Å². The maximum absolute atomic E-state index is 12.0. The van der Waals surface area contributed by atoms with Crippen LogP contribution in [0.3, 0.4) is 0 Å². The van der Waals surface area contributed by atoms with Crippen LogP contribution in [-0.4, -0.2) is 29.8 Å². The number of aliphatic hydroxyl groups excluding tert-OH is 1. The van der Waals surface area contributed by atoms with Crippen LogP contribution >= 0.6 is 0 Å². The fourth-order valence-electron chi connectivity index (χ4n) is 1.82. The number of para-hydroxylation sites is 1. The highest BCUT2D eigenvalue weighted by Crippen LogP contribution is 2.11. The first-order valence-electron chi connectivity index (χ1n) is 6.66. The second kappa shape index (κ2) is 7.79. The molecule has 0 saturated carbocycles. The molecular weight excluding hydrogens is 242 g/mol. The molecule has 0 aliphatic heterocycles. The average Bonchev–Trinajstić information content (AvgIpc) is 2.38. The molecular formula is C15H23NO3. The van der Waals surface area contributed by atoms with E-state index >= 15 is 0 Å². The highest BCUT2D eigenvalue weighted by atomic mass is 16.5. The van der Waals surface area contributed by atoms with Crippen LogP contribution in [-0.2, 0) is 4.79 Å². The molecule has 1 rings (SSSR count). The van der Waals surface area contributed by atoms with Gasteiger partial charge in [-0.25, -0.2) is 0 Å². The lowest BCUT2D eigenvalue weighted by molar-refractivity contribution is -0.128. The van der Waals surface area contributed by atoms with E-state index in [0.29, 0.717) is 11.7 Å². The molecule has 4 nitrogen and oxygen atoms in total.